The van der Waals surface area contributed by atoms with Gasteiger partial charge in [-0.25, -0.2) is 9.97 Å². The van der Waals surface area contributed by atoms with Gasteiger partial charge in [0.05, 0.1) is 24.3 Å². The summed E-state index contributed by atoms with van der Waals surface area (Å²) in [5.41, 5.74) is 2.45. The van der Waals surface area contributed by atoms with E-state index in [0.29, 0.717) is 37.4 Å². The fourth-order valence-corrected chi connectivity index (χ4v) is 5.58. The Balaban J connectivity index is 1.43. The Bertz CT molecular complexity index is 1280. The van der Waals surface area contributed by atoms with E-state index in [9.17, 15) is 14.7 Å². The standard InChI is InChI=1S/C29H33N5O5/c1-2-3-13-34(22-5-4-11-30-15-22)27(35)17-33-16-23(20-6-9-25-26(14-20)39-19-38-25)28(29(36)37)24(33)8-7-21-10-12-31-18-32-21/h4-6,9-12,14-15,18,23-24,28H,2-3,7-8,13,16-17,19H2,1H3,(H,36,37)/t23-,24+,28-/m1/s1. The van der Waals surface area contributed by atoms with E-state index in [1.165, 1.54) is 6.33 Å². The summed E-state index contributed by atoms with van der Waals surface area (Å²) < 4.78 is 11.0. The highest BCUT2D eigenvalue weighted by Crippen LogP contribution is 2.43. The third-order valence-electron chi connectivity index (χ3n) is 7.53. The molecule has 0 spiro atoms. The number of amides is 1. The van der Waals surface area contributed by atoms with Gasteiger partial charge in [0, 0.05) is 43.1 Å². The fraction of sp³-hybridized carbons (Fsp3) is 0.414. The van der Waals surface area contributed by atoms with E-state index < -0.39 is 11.9 Å². The SMILES string of the molecule is CCCCN(C(=O)CN1C[C@H](c2ccc3c(c2)OCO3)[C@@H](C(=O)O)[C@@H]1CCc1ccncn1)c1cccnc1. The van der Waals surface area contributed by atoms with Crippen molar-refractivity contribution in [3.05, 3.63) is 72.6 Å². The second-order valence-electron chi connectivity index (χ2n) is 9.93. The highest BCUT2D eigenvalue weighted by atomic mass is 16.7. The first kappa shape index (κ1) is 26.6. The van der Waals surface area contributed by atoms with Gasteiger partial charge in [0.1, 0.15) is 6.33 Å². The lowest BCUT2D eigenvalue weighted by Gasteiger charge is -2.29. The van der Waals surface area contributed by atoms with Crippen LogP contribution in [0.1, 0.15) is 43.4 Å². The molecular formula is C29H33N5O5. The van der Waals surface area contributed by atoms with E-state index in [1.54, 1.807) is 23.5 Å². The number of likely N-dealkylation sites (tertiary alicyclic amines) is 1. The van der Waals surface area contributed by atoms with E-state index >= 15 is 0 Å². The molecule has 0 bridgehead atoms. The first-order valence-corrected chi connectivity index (χ1v) is 13.4. The molecule has 204 valence electrons. The van der Waals surface area contributed by atoms with Gasteiger partial charge in [-0.2, -0.15) is 0 Å². The highest BCUT2D eigenvalue weighted by molar-refractivity contribution is 5.94. The molecule has 1 saturated heterocycles. The number of carbonyl (C=O) groups excluding carboxylic acids is 1. The predicted octanol–water partition coefficient (Wildman–Crippen LogP) is 3.54. The van der Waals surface area contributed by atoms with E-state index in [-0.39, 0.29) is 31.2 Å². The topological polar surface area (TPSA) is 118 Å². The normalized spacial score (nSPS) is 20.2. The first-order valence-electron chi connectivity index (χ1n) is 13.4. The monoisotopic (exact) mass is 531 g/mol. The number of unbranched alkanes of at least 4 members (excludes halogenated alkanes) is 1. The molecule has 4 heterocycles. The quantitative estimate of drug-likeness (QED) is 0.396. The summed E-state index contributed by atoms with van der Waals surface area (Å²) >= 11 is 0. The molecule has 0 radical (unpaired) electrons. The average molecular weight is 532 g/mol. The van der Waals surface area contributed by atoms with Crippen molar-refractivity contribution in [2.45, 2.75) is 44.6 Å². The van der Waals surface area contributed by atoms with Crippen molar-refractivity contribution in [1.29, 1.82) is 0 Å². The number of anilines is 1. The molecule has 2 aliphatic rings. The number of carboxylic acids is 1. The summed E-state index contributed by atoms with van der Waals surface area (Å²) in [4.78, 5) is 42.8. The van der Waals surface area contributed by atoms with Crippen LogP contribution in [0.3, 0.4) is 0 Å². The lowest BCUT2D eigenvalue weighted by molar-refractivity contribution is -0.143. The fourth-order valence-electron chi connectivity index (χ4n) is 5.58. The van der Waals surface area contributed by atoms with Gasteiger partial charge in [-0.05, 0) is 55.2 Å². The maximum atomic E-state index is 13.8. The molecule has 0 aliphatic carbocycles. The van der Waals surface area contributed by atoms with Gasteiger partial charge >= 0.3 is 5.97 Å². The van der Waals surface area contributed by atoms with Gasteiger partial charge in [-0.15, -0.1) is 0 Å². The molecule has 10 heteroatoms. The molecule has 0 saturated carbocycles. The zero-order chi connectivity index (χ0) is 27.2. The molecule has 2 aliphatic heterocycles. The summed E-state index contributed by atoms with van der Waals surface area (Å²) in [6.07, 6.45) is 9.49. The number of carbonyl (C=O) groups is 2. The number of benzene rings is 1. The maximum Gasteiger partial charge on any atom is 0.308 e. The lowest BCUT2D eigenvalue weighted by Crippen LogP contribution is -2.44. The number of fused-ring (bicyclic) bond motifs is 1. The zero-order valence-electron chi connectivity index (χ0n) is 22.0. The molecule has 2 aromatic heterocycles. The van der Waals surface area contributed by atoms with Crippen LogP contribution in [-0.4, -0.2) is 69.3 Å². The van der Waals surface area contributed by atoms with Gasteiger partial charge < -0.3 is 19.5 Å². The smallest absolute Gasteiger partial charge is 0.308 e. The maximum absolute atomic E-state index is 13.8. The summed E-state index contributed by atoms with van der Waals surface area (Å²) in [5.74, 6) is -0.704. The molecule has 0 unspecified atom stereocenters. The van der Waals surface area contributed by atoms with Crippen LogP contribution in [0.25, 0.3) is 0 Å². The second-order valence-corrected chi connectivity index (χ2v) is 9.93. The second kappa shape index (κ2) is 12.2. The summed E-state index contributed by atoms with van der Waals surface area (Å²) in [6.45, 7) is 3.36. The van der Waals surface area contributed by atoms with E-state index in [0.717, 1.165) is 29.8 Å². The Morgan fingerprint density at radius 1 is 1.13 bits per heavy atom. The van der Waals surface area contributed by atoms with E-state index in [4.69, 9.17) is 9.47 Å². The molecule has 1 fully saturated rings. The van der Waals surface area contributed by atoms with Crippen LogP contribution in [0.4, 0.5) is 5.69 Å². The number of ether oxygens (including phenoxy) is 2. The number of pyridine rings is 1. The molecule has 1 amide bonds. The number of hydrogen-bond acceptors (Lipinski definition) is 8. The zero-order valence-corrected chi connectivity index (χ0v) is 22.0. The van der Waals surface area contributed by atoms with Gasteiger partial charge in [0.15, 0.2) is 11.5 Å². The van der Waals surface area contributed by atoms with E-state index in [1.807, 2.05) is 41.3 Å². The van der Waals surface area contributed by atoms with Crippen molar-refractivity contribution in [3.8, 4) is 11.5 Å². The van der Waals surface area contributed by atoms with Gasteiger partial charge in [0.2, 0.25) is 12.7 Å². The number of nitrogens with zero attached hydrogens (tertiary/aromatic N) is 5. The molecule has 1 aromatic carbocycles. The van der Waals surface area contributed by atoms with Crippen LogP contribution in [0.5, 0.6) is 11.5 Å². The van der Waals surface area contributed by atoms with Gasteiger partial charge in [-0.1, -0.05) is 19.4 Å². The summed E-state index contributed by atoms with van der Waals surface area (Å²) in [5, 5.41) is 10.4. The Morgan fingerprint density at radius 2 is 2.00 bits per heavy atom. The van der Waals surface area contributed by atoms with Crippen LogP contribution in [0.2, 0.25) is 0 Å². The minimum Gasteiger partial charge on any atom is -0.481 e. The van der Waals surface area contributed by atoms with Crippen molar-refractivity contribution in [2.75, 3.05) is 31.3 Å². The number of aromatic nitrogens is 3. The molecule has 3 aromatic rings. The Labute approximate surface area is 227 Å². The number of rotatable bonds is 11. The van der Waals surface area contributed by atoms with Crippen molar-refractivity contribution in [2.24, 2.45) is 5.92 Å². The third kappa shape index (κ3) is 6.01. The third-order valence-corrected chi connectivity index (χ3v) is 7.53. The molecule has 5 rings (SSSR count). The van der Waals surface area contributed by atoms with Crippen molar-refractivity contribution < 1.29 is 24.2 Å². The number of aliphatic carboxylic acids is 1. The molecule has 10 nitrogen and oxygen atoms in total. The van der Waals surface area contributed by atoms with Crippen molar-refractivity contribution in [3.63, 3.8) is 0 Å². The van der Waals surface area contributed by atoms with Crippen LogP contribution < -0.4 is 14.4 Å². The van der Waals surface area contributed by atoms with Crippen molar-refractivity contribution >= 4 is 17.6 Å². The molecule has 3 atom stereocenters. The molecule has 1 N–H and O–H groups in total. The molecular weight excluding hydrogens is 498 g/mol. The lowest BCUT2D eigenvalue weighted by atomic mass is 9.83. The van der Waals surface area contributed by atoms with E-state index in [2.05, 4.69) is 21.9 Å². The number of aryl methyl sites for hydroxylation is 1. The minimum atomic E-state index is -0.879. The average Bonchev–Trinajstić information content (AvgIpc) is 3.57. The first-order chi connectivity index (χ1) is 19.0. The predicted molar refractivity (Wildman–Crippen MR) is 144 cm³/mol. The molecule has 39 heavy (non-hydrogen) atoms. The van der Waals surface area contributed by atoms with Crippen LogP contribution in [0, 0.1) is 5.92 Å². The summed E-state index contributed by atoms with van der Waals surface area (Å²) in [7, 11) is 0. The Morgan fingerprint density at radius 3 is 2.74 bits per heavy atom. The van der Waals surface area contributed by atoms with Crippen LogP contribution in [-0.2, 0) is 16.0 Å². The number of hydrogen-bond donors (Lipinski definition) is 1. The van der Waals surface area contributed by atoms with Crippen LogP contribution in [0.15, 0.2) is 61.3 Å². The largest absolute Gasteiger partial charge is 0.481 e. The van der Waals surface area contributed by atoms with Gasteiger partial charge in [-0.3, -0.25) is 19.5 Å². The number of carboxylic acid groups (broad SMARTS) is 1. The highest BCUT2D eigenvalue weighted by Gasteiger charge is 2.47. The Hall–Kier alpha value is -4.05. The van der Waals surface area contributed by atoms with Crippen LogP contribution >= 0.6 is 0 Å². The van der Waals surface area contributed by atoms with Crippen molar-refractivity contribution in [1.82, 2.24) is 19.9 Å². The van der Waals surface area contributed by atoms with Gasteiger partial charge in [0.25, 0.3) is 0 Å². The minimum absolute atomic E-state index is 0.0704. The Kier molecular flexibility index (Phi) is 8.31. The summed E-state index contributed by atoms with van der Waals surface area (Å²) in [6, 6.07) is 10.8.